The minimum Gasteiger partial charge on any atom is -0.412 e. The number of hydrogen-bond donors (Lipinski definition) is 4. The molecule has 0 heterocycles. The summed E-state index contributed by atoms with van der Waals surface area (Å²) in [5.41, 5.74) is 5.29. The predicted molar refractivity (Wildman–Crippen MR) is 59.3 cm³/mol. The standard InChI is InChI=1S/C6H17N2O3PS.H2O/c1-6(8-4-2-3-7)5-13-12(9,10)11;/h6,8H,2-5,7H2,1H3,(H2,9,10,11);1H2. The molecule has 6 nitrogen and oxygen atoms in total. The van der Waals surface area contributed by atoms with Crippen LogP contribution in [-0.2, 0) is 4.57 Å². The summed E-state index contributed by atoms with van der Waals surface area (Å²) < 4.78 is 10.5. The fraction of sp³-hybridized carbons (Fsp3) is 1.00. The van der Waals surface area contributed by atoms with Crippen molar-refractivity contribution in [2.75, 3.05) is 18.8 Å². The van der Waals surface area contributed by atoms with Gasteiger partial charge in [0.15, 0.2) is 0 Å². The average molecular weight is 246 g/mol. The number of nitrogens with one attached hydrogen (secondary N) is 1. The third kappa shape index (κ3) is 12.4. The second-order valence-corrected chi connectivity index (χ2v) is 6.56. The minimum absolute atomic E-state index is 0. The van der Waals surface area contributed by atoms with Gasteiger partial charge in [0.25, 0.3) is 0 Å². The Balaban J connectivity index is 0. The normalized spacial score (nSPS) is 13.4. The molecule has 0 spiro atoms. The minimum atomic E-state index is -3.91. The van der Waals surface area contributed by atoms with Gasteiger partial charge in [-0.25, -0.2) is 4.57 Å². The number of nitrogens with two attached hydrogens (primary N) is 1. The molecule has 14 heavy (non-hydrogen) atoms. The molecule has 0 saturated carbocycles. The Kier molecular flexibility index (Phi) is 10.4. The smallest absolute Gasteiger partial charge is 0.384 e. The van der Waals surface area contributed by atoms with Gasteiger partial charge in [0.1, 0.15) is 0 Å². The van der Waals surface area contributed by atoms with Crippen molar-refractivity contribution in [3.63, 3.8) is 0 Å². The zero-order valence-electron chi connectivity index (χ0n) is 8.14. The molecule has 88 valence electrons. The predicted octanol–water partition coefficient (Wildman–Crippen LogP) is -0.685. The van der Waals surface area contributed by atoms with Crippen LogP contribution in [-0.4, -0.2) is 40.1 Å². The molecular weight excluding hydrogens is 227 g/mol. The topological polar surface area (TPSA) is 127 Å². The molecule has 0 bridgehead atoms. The molecule has 1 atom stereocenters. The van der Waals surface area contributed by atoms with Crippen LogP contribution in [0.15, 0.2) is 0 Å². The molecule has 0 aliphatic carbocycles. The molecule has 8 heteroatoms. The molecule has 0 rings (SSSR count). The Bertz CT molecular complexity index is 177. The van der Waals surface area contributed by atoms with Crippen molar-refractivity contribution in [1.82, 2.24) is 5.32 Å². The van der Waals surface area contributed by atoms with E-state index in [4.69, 9.17) is 15.5 Å². The summed E-state index contributed by atoms with van der Waals surface area (Å²) in [4.78, 5) is 17.1. The highest BCUT2D eigenvalue weighted by Crippen LogP contribution is 2.50. The van der Waals surface area contributed by atoms with Crippen molar-refractivity contribution in [3.05, 3.63) is 0 Å². The van der Waals surface area contributed by atoms with Gasteiger partial charge in [-0.2, -0.15) is 0 Å². The molecular formula is C6H19N2O4PS. The lowest BCUT2D eigenvalue weighted by Gasteiger charge is -2.12. The van der Waals surface area contributed by atoms with E-state index in [0.29, 0.717) is 23.7 Å². The SMILES string of the molecule is CC(CSP(=O)(O)O)NCCCN.O. The van der Waals surface area contributed by atoms with Crippen molar-refractivity contribution in [2.24, 2.45) is 5.73 Å². The lowest BCUT2D eigenvalue weighted by molar-refractivity contribution is 0.396. The number of rotatable bonds is 7. The van der Waals surface area contributed by atoms with Gasteiger partial charge in [-0.05, 0) is 37.8 Å². The zero-order valence-corrected chi connectivity index (χ0v) is 9.85. The van der Waals surface area contributed by atoms with Gasteiger partial charge in [0, 0.05) is 11.8 Å². The summed E-state index contributed by atoms with van der Waals surface area (Å²) in [5.74, 6) is 0.412. The lowest BCUT2D eigenvalue weighted by atomic mass is 10.3. The Morgan fingerprint density at radius 1 is 1.57 bits per heavy atom. The fourth-order valence-electron chi connectivity index (χ4n) is 0.718. The first kappa shape index (κ1) is 16.8. The van der Waals surface area contributed by atoms with E-state index in [2.05, 4.69) is 5.32 Å². The molecule has 0 radical (unpaired) electrons. The van der Waals surface area contributed by atoms with Crippen LogP contribution in [0.1, 0.15) is 13.3 Å². The van der Waals surface area contributed by atoms with E-state index in [1.165, 1.54) is 0 Å². The molecule has 0 amide bonds. The van der Waals surface area contributed by atoms with Crippen molar-refractivity contribution >= 4 is 18.2 Å². The van der Waals surface area contributed by atoms with Gasteiger partial charge in [0.2, 0.25) is 0 Å². The Hall–Kier alpha value is 0.380. The van der Waals surface area contributed by atoms with Gasteiger partial charge >= 0.3 is 6.80 Å². The van der Waals surface area contributed by atoms with E-state index >= 15 is 0 Å². The van der Waals surface area contributed by atoms with E-state index < -0.39 is 6.80 Å². The summed E-state index contributed by atoms with van der Waals surface area (Å²) in [7, 11) is 0. The summed E-state index contributed by atoms with van der Waals surface area (Å²) in [5, 5.41) is 3.11. The summed E-state index contributed by atoms with van der Waals surface area (Å²) >= 11 is 0.673. The van der Waals surface area contributed by atoms with E-state index in [-0.39, 0.29) is 11.5 Å². The molecule has 0 aliphatic heterocycles. The maximum atomic E-state index is 10.5. The van der Waals surface area contributed by atoms with Crippen LogP contribution < -0.4 is 11.1 Å². The Morgan fingerprint density at radius 3 is 2.57 bits per heavy atom. The largest absolute Gasteiger partial charge is 0.412 e. The molecule has 0 aromatic rings. The molecule has 0 saturated heterocycles. The zero-order chi connectivity index (χ0) is 10.3. The lowest BCUT2D eigenvalue weighted by Crippen LogP contribution is -2.30. The first-order valence-electron chi connectivity index (χ1n) is 4.09. The van der Waals surface area contributed by atoms with Gasteiger partial charge in [0.05, 0.1) is 0 Å². The van der Waals surface area contributed by atoms with Crippen LogP contribution in [0.25, 0.3) is 0 Å². The third-order valence-electron chi connectivity index (χ3n) is 1.37. The first-order valence-corrected chi connectivity index (χ1v) is 7.29. The van der Waals surface area contributed by atoms with E-state index in [9.17, 15) is 4.57 Å². The maximum absolute atomic E-state index is 10.5. The molecule has 0 aromatic carbocycles. The summed E-state index contributed by atoms with van der Waals surface area (Å²) in [6.07, 6.45) is 0.880. The maximum Gasteiger partial charge on any atom is 0.384 e. The molecule has 0 aliphatic rings. The highest BCUT2D eigenvalue weighted by atomic mass is 32.7. The second-order valence-electron chi connectivity index (χ2n) is 2.78. The van der Waals surface area contributed by atoms with Gasteiger partial charge in [-0.15, -0.1) is 0 Å². The molecule has 0 aromatic heterocycles. The molecule has 1 unspecified atom stereocenters. The van der Waals surface area contributed by atoms with Crippen molar-refractivity contribution in [3.8, 4) is 0 Å². The van der Waals surface area contributed by atoms with Crippen molar-refractivity contribution in [1.29, 1.82) is 0 Å². The van der Waals surface area contributed by atoms with Crippen LogP contribution in [0.3, 0.4) is 0 Å². The second kappa shape index (κ2) is 8.67. The van der Waals surface area contributed by atoms with Gasteiger partial charge in [-0.1, -0.05) is 0 Å². The van der Waals surface area contributed by atoms with Crippen molar-refractivity contribution in [2.45, 2.75) is 19.4 Å². The van der Waals surface area contributed by atoms with Crippen LogP contribution in [0, 0.1) is 0 Å². The van der Waals surface area contributed by atoms with E-state index in [1.54, 1.807) is 0 Å². The third-order valence-corrected chi connectivity index (χ3v) is 3.81. The van der Waals surface area contributed by atoms with Crippen LogP contribution in [0.4, 0.5) is 0 Å². The fourth-order valence-corrected chi connectivity index (χ4v) is 2.51. The van der Waals surface area contributed by atoms with Crippen molar-refractivity contribution < 1.29 is 19.8 Å². The highest BCUT2D eigenvalue weighted by molar-refractivity contribution is 8.54. The van der Waals surface area contributed by atoms with E-state index in [1.807, 2.05) is 6.92 Å². The summed E-state index contributed by atoms with van der Waals surface area (Å²) in [6, 6.07) is 0.101. The number of hydrogen-bond acceptors (Lipinski definition) is 4. The first-order chi connectivity index (χ1) is 5.95. The molecule has 7 N–H and O–H groups in total. The average Bonchev–Trinajstić information content (AvgIpc) is 2.00. The van der Waals surface area contributed by atoms with Crippen LogP contribution >= 0.6 is 18.2 Å². The molecule has 0 fully saturated rings. The monoisotopic (exact) mass is 246 g/mol. The van der Waals surface area contributed by atoms with E-state index in [0.717, 1.165) is 13.0 Å². The van der Waals surface area contributed by atoms with Crippen LogP contribution in [0.2, 0.25) is 0 Å². The Morgan fingerprint density at radius 2 is 2.14 bits per heavy atom. The quantitative estimate of drug-likeness (QED) is 0.348. The highest BCUT2D eigenvalue weighted by Gasteiger charge is 2.15. The Labute approximate surface area is 87.9 Å². The van der Waals surface area contributed by atoms with Gasteiger partial charge < -0.3 is 26.3 Å². The summed E-state index contributed by atoms with van der Waals surface area (Å²) in [6.45, 7) is -0.597. The van der Waals surface area contributed by atoms with Crippen LogP contribution in [0.5, 0.6) is 0 Å². The van der Waals surface area contributed by atoms with Gasteiger partial charge in [-0.3, -0.25) is 0 Å².